The molecule has 17 heavy (non-hydrogen) atoms. The highest BCUT2D eigenvalue weighted by molar-refractivity contribution is 6.27. The van der Waals surface area contributed by atoms with Crippen LogP contribution in [0.4, 0.5) is 0 Å². The molecule has 1 aromatic rings. The summed E-state index contributed by atoms with van der Waals surface area (Å²) in [4.78, 5) is 24.5. The summed E-state index contributed by atoms with van der Waals surface area (Å²) in [6, 6.07) is 7.39. The third-order valence-corrected chi connectivity index (χ3v) is 3.31. The molecule has 0 spiro atoms. The van der Waals surface area contributed by atoms with Crippen LogP contribution in [0.2, 0.25) is 0 Å². The number of epoxide rings is 1. The van der Waals surface area contributed by atoms with Gasteiger partial charge < -0.3 is 4.74 Å². The Kier molecular flexibility index (Phi) is 2.53. The van der Waals surface area contributed by atoms with Gasteiger partial charge in [-0.15, -0.1) is 0 Å². The lowest BCUT2D eigenvalue weighted by Crippen LogP contribution is -2.32. The largest absolute Gasteiger partial charge is 0.372 e. The normalized spacial score (nSPS) is 26.6. The smallest absolute Gasteiger partial charge is 0.216 e. The van der Waals surface area contributed by atoms with Crippen LogP contribution in [0.15, 0.2) is 24.3 Å². The monoisotopic (exact) mass is 231 g/mol. The summed E-state index contributed by atoms with van der Waals surface area (Å²) in [5, 5.41) is 0. The van der Waals surface area contributed by atoms with Gasteiger partial charge in [0, 0.05) is 13.1 Å². The van der Waals surface area contributed by atoms with E-state index in [1.165, 1.54) is 0 Å². The summed E-state index contributed by atoms with van der Waals surface area (Å²) in [5.74, 6) is -0.365. The van der Waals surface area contributed by atoms with Crippen LogP contribution in [0.5, 0.6) is 0 Å². The lowest BCUT2D eigenvalue weighted by molar-refractivity contribution is -0.133. The van der Waals surface area contributed by atoms with Gasteiger partial charge in [-0.05, 0) is 11.1 Å². The van der Waals surface area contributed by atoms with Crippen LogP contribution >= 0.6 is 0 Å². The second-order valence-corrected chi connectivity index (χ2v) is 4.51. The van der Waals surface area contributed by atoms with E-state index in [0.29, 0.717) is 6.29 Å². The van der Waals surface area contributed by atoms with Crippen LogP contribution < -0.4 is 0 Å². The van der Waals surface area contributed by atoms with Crippen molar-refractivity contribution in [2.75, 3.05) is 13.2 Å². The molecule has 0 aliphatic carbocycles. The van der Waals surface area contributed by atoms with Crippen molar-refractivity contribution in [3.63, 3.8) is 0 Å². The first kappa shape index (κ1) is 10.6. The van der Waals surface area contributed by atoms with Crippen LogP contribution in [0.1, 0.15) is 17.2 Å². The number of carbonyl (C=O) groups excluding carboxylic acids is 2. The lowest BCUT2D eigenvalue weighted by Gasteiger charge is -2.21. The van der Waals surface area contributed by atoms with Gasteiger partial charge in [-0.3, -0.25) is 14.5 Å². The van der Waals surface area contributed by atoms with Crippen molar-refractivity contribution in [2.45, 2.75) is 18.7 Å². The van der Waals surface area contributed by atoms with Crippen molar-refractivity contribution in [3.05, 3.63) is 35.4 Å². The summed E-state index contributed by atoms with van der Waals surface area (Å²) in [6.07, 6.45) is 0.652. The van der Waals surface area contributed by atoms with Gasteiger partial charge in [-0.1, -0.05) is 24.3 Å². The number of rotatable bonds is 4. The Morgan fingerprint density at radius 2 is 2.24 bits per heavy atom. The first-order valence-corrected chi connectivity index (χ1v) is 5.72. The highest BCUT2D eigenvalue weighted by Gasteiger charge is 2.38. The van der Waals surface area contributed by atoms with Crippen molar-refractivity contribution >= 4 is 12.1 Å². The zero-order chi connectivity index (χ0) is 11.8. The minimum Gasteiger partial charge on any atom is -0.372 e. The molecule has 0 bridgehead atoms. The Morgan fingerprint density at radius 1 is 1.47 bits per heavy atom. The second kappa shape index (κ2) is 4.05. The molecule has 0 saturated carbocycles. The molecule has 0 radical (unpaired) electrons. The highest BCUT2D eigenvalue weighted by Crippen LogP contribution is 2.34. The van der Waals surface area contributed by atoms with Crippen molar-refractivity contribution < 1.29 is 14.3 Å². The average molecular weight is 231 g/mol. The number of nitrogens with zero attached hydrogens (tertiary/aromatic N) is 1. The number of hydrogen-bond donors (Lipinski definition) is 0. The van der Waals surface area contributed by atoms with Crippen LogP contribution in [-0.4, -0.2) is 36.2 Å². The number of carbonyl (C=O) groups is 2. The van der Waals surface area contributed by atoms with Crippen LogP contribution in [0, 0.1) is 0 Å². The van der Waals surface area contributed by atoms with Crippen molar-refractivity contribution in [1.82, 2.24) is 4.90 Å². The Hall–Kier alpha value is -1.52. The maximum atomic E-state index is 11.7. The van der Waals surface area contributed by atoms with Crippen molar-refractivity contribution in [3.8, 4) is 0 Å². The molecule has 4 nitrogen and oxygen atoms in total. The average Bonchev–Trinajstić information content (AvgIpc) is 3.08. The maximum Gasteiger partial charge on any atom is 0.216 e. The van der Waals surface area contributed by atoms with Crippen molar-refractivity contribution in [1.29, 1.82) is 0 Å². The molecule has 4 heteroatoms. The third-order valence-electron chi connectivity index (χ3n) is 3.31. The van der Waals surface area contributed by atoms with Crippen LogP contribution in [-0.2, 0) is 20.9 Å². The van der Waals surface area contributed by atoms with Gasteiger partial charge in [-0.25, -0.2) is 0 Å². The van der Waals surface area contributed by atoms with E-state index in [1.54, 1.807) is 0 Å². The molecule has 0 aromatic heterocycles. The molecule has 2 atom stereocenters. The zero-order valence-corrected chi connectivity index (χ0v) is 9.33. The Bertz CT molecular complexity index is 467. The van der Waals surface area contributed by atoms with E-state index in [2.05, 4.69) is 0 Å². The summed E-state index contributed by atoms with van der Waals surface area (Å²) in [7, 11) is 0. The molecule has 2 aliphatic heterocycles. The summed E-state index contributed by atoms with van der Waals surface area (Å²) < 4.78 is 5.19. The molecule has 2 unspecified atom stereocenters. The van der Waals surface area contributed by atoms with Gasteiger partial charge in [0.1, 0.15) is 6.04 Å². The lowest BCUT2D eigenvalue weighted by atomic mass is 10.0. The molecular formula is C13H13NO3. The minimum atomic E-state index is -0.409. The quantitative estimate of drug-likeness (QED) is 0.435. The van der Waals surface area contributed by atoms with Gasteiger partial charge in [0.05, 0.1) is 12.7 Å². The van der Waals surface area contributed by atoms with Gasteiger partial charge in [-0.2, -0.15) is 0 Å². The molecule has 1 saturated heterocycles. The molecule has 88 valence electrons. The van der Waals surface area contributed by atoms with E-state index >= 15 is 0 Å². The molecule has 0 amide bonds. The predicted octanol–water partition coefficient (Wildman–Crippen LogP) is 0.710. The molecule has 1 aromatic carbocycles. The summed E-state index contributed by atoms with van der Waals surface area (Å²) >= 11 is 0. The van der Waals surface area contributed by atoms with E-state index in [9.17, 15) is 9.59 Å². The van der Waals surface area contributed by atoms with Gasteiger partial charge in [0.25, 0.3) is 0 Å². The predicted molar refractivity (Wildman–Crippen MR) is 60.4 cm³/mol. The van der Waals surface area contributed by atoms with E-state index in [-0.39, 0.29) is 11.9 Å². The van der Waals surface area contributed by atoms with Crippen molar-refractivity contribution in [2.24, 2.45) is 0 Å². The number of aldehydes is 1. The molecule has 2 aliphatic rings. The van der Waals surface area contributed by atoms with E-state index in [4.69, 9.17) is 4.74 Å². The Balaban J connectivity index is 1.91. The molecule has 3 rings (SSSR count). The third kappa shape index (κ3) is 1.90. The van der Waals surface area contributed by atoms with Crippen LogP contribution in [0.3, 0.4) is 0 Å². The molecule has 0 N–H and O–H groups in total. The fraction of sp³-hybridized carbons (Fsp3) is 0.385. The minimum absolute atomic E-state index is 0.228. The topological polar surface area (TPSA) is 49.9 Å². The highest BCUT2D eigenvalue weighted by atomic mass is 16.6. The summed E-state index contributed by atoms with van der Waals surface area (Å²) in [6.45, 7) is 2.20. The van der Waals surface area contributed by atoms with Gasteiger partial charge in [0.15, 0.2) is 6.29 Å². The van der Waals surface area contributed by atoms with Crippen LogP contribution in [0.25, 0.3) is 0 Å². The Morgan fingerprint density at radius 3 is 2.94 bits per heavy atom. The van der Waals surface area contributed by atoms with E-state index in [1.807, 2.05) is 29.2 Å². The van der Waals surface area contributed by atoms with Gasteiger partial charge >= 0.3 is 0 Å². The fourth-order valence-corrected chi connectivity index (χ4v) is 2.45. The molecule has 1 fully saturated rings. The first-order chi connectivity index (χ1) is 8.29. The number of benzene rings is 1. The first-order valence-electron chi connectivity index (χ1n) is 5.72. The standard InChI is InChI=1S/C13H13NO3/c15-7-12(16)13-11-4-2-1-3-9(11)5-14(13)6-10-8-17-10/h1-4,7,10,13H,5-6,8H2. The molecule has 2 heterocycles. The van der Waals surface area contributed by atoms with E-state index < -0.39 is 6.04 Å². The number of Topliss-reactive ketones (excluding diaryl/α,β-unsaturated/α-hetero) is 1. The number of fused-ring (bicyclic) bond motifs is 1. The maximum absolute atomic E-state index is 11.7. The number of hydrogen-bond acceptors (Lipinski definition) is 4. The SMILES string of the molecule is O=CC(=O)C1c2ccccc2CN1CC1CO1. The number of ether oxygens (including phenoxy) is 1. The fourth-order valence-electron chi connectivity index (χ4n) is 2.45. The Labute approximate surface area is 99.2 Å². The zero-order valence-electron chi connectivity index (χ0n) is 9.33. The number of ketones is 1. The molecular weight excluding hydrogens is 218 g/mol. The van der Waals surface area contributed by atoms with Gasteiger partial charge in [0.2, 0.25) is 5.78 Å². The van der Waals surface area contributed by atoms with E-state index in [0.717, 1.165) is 30.8 Å². The second-order valence-electron chi connectivity index (χ2n) is 4.51. The summed E-state index contributed by atoms with van der Waals surface area (Å²) in [5.41, 5.74) is 2.10.